The number of rotatable bonds is 5. The standard InChI is InChI=1S/C15H24FNOS/c1-10(18)11(2)19-14-7-6-12(8-13(14)16)9-17-15(3,4)5/h6-8,10-11,17-18H,9H2,1-5H3. The van der Waals surface area contributed by atoms with E-state index in [-0.39, 0.29) is 16.6 Å². The summed E-state index contributed by atoms with van der Waals surface area (Å²) in [6, 6.07) is 5.29. The molecule has 2 N–H and O–H groups in total. The van der Waals surface area contributed by atoms with Crippen molar-refractivity contribution in [1.29, 1.82) is 0 Å². The Morgan fingerprint density at radius 3 is 2.42 bits per heavy atom. The van der Waals surface area contributed by atoms with Crippen molar-refractivity contribution in [1.82, 2.24) is 5.32 Å². The van der Waals surface area contributed by atoms with Crippen LogP contribution >= 0.6 is 11.8 Å². The highest BCUT2D eigenvalue weighted by Gasteiger charge is 2.14. The topological polar surface area (TPSA) is 32.3 Å². The van der Waals surface area contributed by atoms with E-state index in [1.165, 1.54) is 11.8 Å². The van der Waals surface area contributed by atoms with E-state index in [9.17, 15) is 9.50 Å². The molecule has 0 bridgehead atoms. The van der Waals surface area contributed by atoms with Crippen LogP contribution in [0.2, 0.25) is 0 Å². The van der Waals surface area contributed by atoms with E-state index in [1.807, 2.05) is 13.0 Å². The van der Waals surface area contributed by atoms with E-state index in [2.05, 4.69) is 26.1 Å². The third kappa shape index (κ3) is 5.93. The van der Waals surface area contributed by atoms with E-state index in [4.69, 9.17) is 0 Å². The average Bonchev–Trinajstić information content (AvgIpc) is 2.28. The van der Waals surface area contributed by atoms with Crippen molar-refractivity contribution in [3.8, 4) is 0 Å². The van der Waals surface area contributed by atoms with Crippen molar-refractivity contribution in [3.05, 3.63) is 29.6 Å². The Kier molecular flexibility index (Phi) is 5.83. The minimum atomic E-state index is -0.452. The quantitative estimate of drug-likeness (QED) is 0.811. The lowest BCUT2D eigenvalue weighted by atomic mass is 10.1. The van der Waals surface area contributed by atoms with Crippen molar-refractivity contribution < 1.29 is 9.50 Å². The molecule has 1 aromatic rings. The summed E-state index contributed by atoms with van der Waals surface area (Å²) >= 11 is 1.37. The van der Waals surface area contributed by atoms with Crippen molar-refractivity contribution >= 4 is 11.8 Å². The molecule has 1 rings (SSSR count). The highest BCUT2D eigenvalue weighted by Crippen LogP contribution is 2.28. The molecule has 2 unspecified atom stereocenters. The van der Waals surface area contributed by atoms with Crippen LogP contribution in [-0.4, -0.2) is 22.0 Å². The molecule has 0 aromatic heterocycles. The molecular formula is C15H24FNOS. The van der Waals surface area contributed by atoms with Crippen LogP contribution in [0, 0.1) is 5.82 Å². The normalized spacial score (nSPS) is 15.3. The molecule has 0 heterocycles. The van der Waals surface area contributed by atoms with Crippen molar-refractivity contribution in [3.63, 3.8) is 0 Å². The fourth-order valence-corrected chi connectivity index (χ4v) is 2.33. The van der Waals surface area contributed by atoms with Gasteiger partial charge in [0, 0.05) is 22.2 Å². The highest BCUT2D eigenvalue weighted by atomic mass is 32.2. The molecule has 0 radical (unpaired) electrons. The van der Waals surface area contributed by atoms with E-state index < -0.39 is 6.10 Å². The Morgan fingerprint density at radius 2 is 1.95 bits per heavy atom. The molecule has 108 valence electrons. The number of aliphatic hydroxyl groups is 1. The van der Waals surface area contributed by atoms with Crippen LogP contribution < -0.4 is 5.32 Å². The fraction of sp³-hybridized carbons (Fsp3) is 0.600. The Hall–Kier alpha value is -0.580. The third-order valence-corrected chi connectivity index (χ3v) is 4.16. The fourth-order valence-electron chi connectivity index (χ4n) is 1.42. The van der Waals surface area contributed by atoms with Gasteiger partial charge in [-0.2, -0.15) is 0 Å². The molecule has 0 saturated heterocycles. The van der Waals surface area contributed by atoms with Crippen LogP contribution in [0.3, 0.4) is 0 Å². The van der Waals surface area contributed by atoms with Gasteiger partial charge in [-0.25, -0.2) is 4.39 Å². The molecule has 2 atom stereocenters. The van der Waals surface area contributed by atoms with Gasteiger partial charge < -0.3 is 10.4 Å². The van der Waals surface area contributed by atoms with Gasteiger partial charge in [-0.05, 0) is 45.4 Å². The molecule has 19 heavy (non-hydrogen) atoms. The number of thioether (sulfide) groups is 1. The molecule has 0 saturated carbocycles. The van der Waals surface area contributed by atoms with Gasteiger partial charge in [0.1, 0.15) is 5.82 Å². The predicted octanol–water partition coefficient (Wildman–Crippen LogP) is 3.58. The lowest BCUT2D eigenvalue weighted by Gasteiger charge is -2.21. The number of halogens is 1. The van der Waals surface area contributed by atoms with Crippen LogP contribution in [0.15, 0.2) is 23.1 Å². The van der Waals surface area contributed by atoms with Gasteiger partial charge in [-0.1, -0.05) is 13.0 Å². The van der Waals surface area contributed by atoms with Crippen molar-refractivity contribution in [2.45, 2.75) is 63.0 Å². The first-order valence-electron chi connectivity index (χ1n) is 6.57. The lowest BCUT2D eigenvalue weighted by molar-refractivity contribution is 0.196. The number of nitrogens with one attached hydrogen (secondary N) is 1. The second-order valence-corrected chi connectivity index (χ2v) is 7.35. The summed E-state index contributed by atoms with van der Waals surface area (Å²) in [4.78, 5) is 0.591. The minimum Gasteiger partial charge on any atom is -0.392 e. The summed E-state index contributed by atoms with van der Waals surface area (Å²) in [5, 5.41) is 12.8. The first kappa shape index (κ1) is 16.5. The first-order valence-corrected chi connectivity index (χ1v) is 7.45. The van der Waals surface area contributed by atoms with Gasteiger partial charge in [-0.15, -0.1) is 11.8 Å². The number of aliphatic hydroxyl groups excluding tert-OH is 1. The Balaban J connectivity index is 2.69. The third-order valence-electron chi connectivity index (χ3n) is 2.81. The van der Waals surface area contributed by atoms with E-state index in [1.54, 1.807) is 19.1 Å². The maximum absolute atomic E-state index is 14.0. The van der Waals surface area contributed by atoms with Gasteiger partial charge in [0.05, 0.1) is 6.10 Å². The van der Waals surface area contributed by atoms with E-state index >= 15 is 0 Å². The van der Waals surface area contributed by atoms with Crippen LogP contribution in [0.5, 0.6) is 0 Å². The largest absolute Gasteiger partial charge is 0.392 e. The average molecular weight is 285 g/mol. The molecule has 0 aliphatic heterocycles. The van der Waals surface area contributed by atoms with Crippen LogP contribution in [0.4, 0.5) is 4.39 Å². The van der Waals surface area contributed by atoms with Gasteiger partial charge in [0.15, 0.2) is 0 Å². The minimum absolute atomic E-state index is 0.0186. The smallest absolute Gasteiger partial charge is 0.137 e. The zero-order valence-corrected chi connectivity index (χ0v) is 13.1. The van der Waals surface area contributed by atoms with Gasteiger partial charge in [0.2, 0.25) is 0 Å². The van der Waals surface area contributed by atoms with E-state index in [0.717, 1.165) is 5.56 Å². The summed E-state index contributed by atoms with van der Waals surface area (Å²) in [5.74, 6) is -0.217. The summed E-state index contributed by atoms with van der Waals surface area (Å²) in [7, 11) is 0. The molecule has 1 aromatic carbocycles. The predicted molar refractivity (Wildman–Crippen MR) is 80.0 cm³/mol. The van der Waals surface area contributed by atoms with Gasteiger partial charge in [0.25, 0.3) is 0 Å². The summed E-state index contributed by atoms with van der Waals surface area (Å²) in [5.41, 5.74) is 0.951. The van der Waals surface area contributed by atoms with Gasteiger partial charge in [-0.3, -0.25) is 0 Å². The summed E-state index contributed by atoms with van der Waals surface area (Å²) < 4.78 is 14.0. The number of hydrogen-bond acceptors (Lipinski definition) is 3. The zero-order valence-electron chi connectivity index (χ0n) is 12.3. The maximum atomic E-state index is 14.0. The summed E-state index contributed by atoms with van der Waals surface area (Å²) in [6.07, 6.45) is -0.452. The second-order valence-electron chi connectivity index (χ2n) is 5.93. The van der Waals surface area contributed by atoms with Crippen LogP contribution in [0.1, 0.15) is 40.2 Å². The monoisotopic (exact) mass is 285 g/mol. The Morgan fingerprint density at radius 1 is 1.32 bits per heavy atom. The SMILES string of the molecule is CC(O)C(C)Sc1ccc(CNC(C)(C)C)cc1F. The molecule has 0 aliphatic rings. The van der Waals surface area contributed by atoms with Gasteiger partial charge >= 0.3 is 0 Å². The van der Waals surface area contributed by atoms with Crippen molar-refractivity contribution in [2.75, 3.05) is 0 Å². The number of benzene rings is 1. The number of hydrogen-bond donors (Lipinski definition) is 2. The molecule has 0 aliphatic carbocycles. The molecule has 0 spiro atoms. The molecule has 0 amide bonds. The second kappa shape index (κ2) is 6.73. The van der Waals surface area contributed by atoms with Crippen LogP contribution in [-0.2, 0) is 6.54 Å². The Labute approximate surface area is 119 Å². The van der Waals surface area contributed by atoms with Crippen molar-refractivity contribution in [2.24, 2.45) is 0 Å². The van der Waals surface area contributed by atoms with Crippen LogP contribution in [0.25, 0.3) is 0 Å². The maximum Gasteiger partial charge on any atom is 0.137 e. The zero-order chi connectivity index (χ0) is 14.6. The molecule has 0 fully saturated rings. The first-order chi connectivity index (χ1) is 8.69. The Bertz CT molecular complexity index is 415. The molecule has 4 heteroatoms. The van der Waals surface area contributed by atoms with E-state index in [0.29, 0.717) is 11.4 Å². The highest BCUT2D eigenvalue weighted by molar-refractivity contribution is 8.00. The summed E-state index contributed by atoms with van der Waals surface area (Å²) in [6.45, 7) is 10.5. The molecule has 2 nitrogen and oxygen atoms in total. The molecular weight excluding hydrogens is 261 g/mol. The lowest BCUT2D eigenvalue weighted by Crippen LogP contribution is -2.35.